The first-order valence-corrected chi connectivity index (χ1v) is 16.9. The first-order valence-electron chi connectivity index (χ1n) is 14.1. The van der Waals surface area contributed by atoms with Crippen molar-refractivity contribution in [3.8, 4) is 5.88 Å². The summed E-state index contributed by atoms with van der Waals surface area (Å²) in [6.45, 7) is 6.46. The predicted octanol–water partition coefficient (Wildman–Crippen LogP) is 4.82. The first kappa shape index (κ1) is 31.2. The van der Waals surface area contributed by atoms with Gasteiger partial charge in [-0.05, 0) is 49.2 Å². The summed E-state index contributed by atoms with van der Waals surface area (Å²) in [5, 5.41) is 1.18. The molecule has 1 aromatic heterocycles. The van der Waals surface area contributed by atoms with Crippen molar-refractivity contribution >= 4 is 44.9 Å². The van der Waals surface area contributed by atoms with E-state index in [1.165, 1.54) is 6.26 Å². The van der Waals surface area contributed by atoms with Crippen LogP contribution in [0.5, 0.6) is 5.88 Å². The van der Waals surface area contributed by atoms with Crippen LogP contribution in [-0.4, -0.2) is 96.3 Å². The number of rotatable bonds is 8. The van der Waals surface area contributed by atoms with Crippen molar-refractivity contribution in [2.45, 2.75) is 25.9 Å². The van der Waals surface area contributed by atoms with Crippen LogP contribution in [0.25, 0.3) is 0 Å². The quantitative estimate of drug-likeness (QED) is 0.346. The molecule has 2 aliphatic heterocycles. The van der Waals surface area contributed by atoms with Crippen LogP contribution in [0, 0.1) is 6.92 Å². The normalized spacial score (nSPS) is 19.4. The van der Waals surface area contributed by atoms with Crippen molar-refractivity contribution < 1.29 is 17.9 Å². The average molecular weight is 646 g/mol. The van der Waals surface area contributed by atoms with Gasteiger partial charge in [-0.1, -0.05) is 47.5 Å². The Kier molecular flexibility index (Phi) is 9.55. The zero-order valence-electron chi connectivity index (χ0n) is 24.3. The fraction of sp³-hybridized carbons (Fsp3) is 0.400. The summed E-state index contributed by atoms with van der Waals surface area (Å²) in [6, 6.07) is 13.7. The number of amides is 2. The van der Waals surface area contributed by atoms with E-state index >= 15 is 0 Å². The van der Waals surface area contributed by atoms with Crippen molar-refractivity contribution in [3.63, 3.8) is 0 Å². The topological polar surface area (TPSA) is 108 Å². The van der Waals surface area contributed by atoms with E-state index in [9.17, 15) is 13.2 Å². The standard InChI is InChI=1S/C30H34Cl2N6O4S/c1-4-42-29-25(19-33-20(2)34-29)28-35-26(21-5-9-23(31)10-6-21)27(22-7-11-24(32)12-8-22)38(28)30(39)37-15-13-36(14-16-37)17-18-43(3,40)41/h5-12,19,26-27H,4,13-18H2,1-3H3/t26-,27+/m0/s1. The molecule has 1 fully saturated rings. The van der Waals surface area contributed by atoms with Gasteiger partial charge in [0.2, 0.25) is 5.88 Å². The minimum Gasteiger partial charge on any atom is -0.477 e. The van der Waals surface area contributed by atoms with Gasteiger partial charge in [-0.3, -0.25) is 14.8 Å². The van der Waals surface area contributed by atoms with E-state index in [4.69, 9.17) is 32.9 Å². The molecule has 228 valence electrons. The Morgan fingerprint density at radius 1 is 0.977 bits per heavy atom. The molecule has 3 heterocycles. The molecule has 3 aromatic rings. The Labute approximate surface area is 262 Å². The summed E-state index contributed by atoms with van der Waals surface area (Å²) in [4.78, 5) is 34.2. The maximum atomic E-state index is 14.6. The molecule has 0 radical (unpaired) electrons. The number of aryl methyl sites for hydroxylation is 1. The van der Waals surface area contributed by atoms with Crippen molar-refractivity contribution in [3.05, 3.63) is 87.3 Å². The molecule has 0 saturated carbocycles. The molecule has 10 nitrogen and oxygen atoms in total. The fourth-order valence-corrected chi connectivity index (χ4v) is 6.16. The minimum absolute atomic E-state index is 0.0823. The summed E-state index contributed by atoms with van der Waals surface area (Å²) in [7, 11) is -3.08. The summed E-state index contributed by atoms with van der Waals surface area (Å²) in [6.07, 6.45) is 2.89. The van der Waals surface area contributed by atoms with Gasteiger partial charge in [0, 0.05) is 55.2 Å². The van der Waals surface area contributed by atoms with Crippen LogP contribution >= 0.6 is 23.2 Å². The molecular weight excluding hydrogens is 611 g/mol. The lowest BCUT2D eigenvalue weighted by Gasteiger charge is -2.39. The number of aliphatic imine (C=N–C) groups is 1. The van der Waals surface area contributed by atoms with Crippen molar-refractivity contribution in [2.24, 2.45) is 4.99 Å². The zero-order valence-corrected chi connectivity index (χ0v) is 26.6. The molecule has 0 unspecified atom stereocenters. The highest BCUT2D eigenvalue weighted by Crippen LogP contribution is 2.45. The SMILES string of the molecule is CCOc1nc(C)ncc1C1=N[C@@H](c2ccc(Cl)cc2)[C@@H](c2ccc(Cl)cc2)N1C(=O)N1CCN(CCS(C)(=O)=O)CC1. The molecule has 0 bridgehead atoms. The molecule has 2 aromatic carbocycles. The van der Waals surface area contributed by atoms with Gasteiger partial charge < -0.3 is 9.64 Å². The van der Waals surface area contributed by atoms with E-state index in [-0.39, 0.29) is 11.8 Å². The predicted molar refractivity (Wildman–Crippen MR) is 168 cm³/mol. The third-order valence-corrected chi connectivity index (χ3v) is 8.94. The van der Waals surface area contributed by atoms with Crippen LogP contribution in [0.15, 0.2) is 59.7 Å². The van der Waals surface area contributed by atoms with Gasteiger partial charge in [-0.25, -0.2) is 18.2 Å². The molecule has 0 N–H and O–H groups in total. The molecule has 0 spiro atoms. The molecular formula is C30H34Cl2N6O4S. The second-order valence-electron chi connectivity index (χ2n) is 10.6. The van der Waals surface area contributed by atoms with Gasteiger partial charge in [-0.15, -0.1) is 0 Å². The Hall–Kier alpha value is -3.25. The molecule has 2 amide bonds. The Balaban J connectivity index is 1.57. The number of nitrogens with zero attached hydrogens (tertiary/aromatic N) is 6. The van der Waals surface area contributed by atoms with Crippen LogP contribution in [0.4, 0.5) is 4.79 Å². The fourth-order valence-electron chi connectivity index (χ4n) is 5.31. The van der Waals surface area contributed by atoms with Crippen LogP contribution in [0.2, 0.25) is 10.0 Å². The monoisotopic (exact) mass is 644 g/mol. The van der Waals surface area contributed by atoms with E-state index < -0.39 is 21.9 Å². The molecule has 0 aliphatic carbocycles. The number of hydrogen-bond donors (Lipinski definition) is 0. The van der Waals surface area contributed by atoms with Crippen molar-refractivity contribution in [1.82, 2.24) is 24.7 Å². The summed E-state index contributed by atoms with van der Waals surface area (Å²) < 4.78 is 29.3. The van der Waals surface area contributed by atoms with E-state index in [0.29, 0.717) is 72.5 Å². The number of hydrogen-bond acceptors (Lipinski definition) is 8. The highest BCUT2D eigenvalue weighted by atomic mass is 35.5. The number of ether oxygens (including phenoxy) is 1. The van der Waals surface area contributed by atoms with Gasteiger partial charge in [0.25, 0.3) is 0 Å². The largest absolute Gasteiger partial charge is 0.477 e. The Morgan fingerprint density at radius 2 is 1.58 bits per heavy atom. The smallest absolute Gasteiger partial charge is 0.326 e. The summed E-state index contributed by atoms with van der Waals surface area (Å²) >= 11 is 12.5. The van der Waals surface area contributed by atoms with Crippen LogP contribution in [0.1, 0.15) is 41.5 Å². The van der Waals surface area contributed by atoms with Gasteiger partial charge >= 0.3 is 6.03 Å². The van der Waals surface area contributed by atoms with Crippen molar-refractivity contribution in [2.75, 3.05) is 51.3 Å². The van der Waals surface area contributed by atoms with E-state index in [1.807, 2.05) is 43.3 Å². The van der Waals surface area contributed by atoms with Crippen molar-refractivity contribution in [1.29, 1.82) is 0 Å². The number of halogens is 2. The number of urea groups is 1. The maximum Gasteiger partial charge on any atom is 0.326 e. The zero-order chi connectivity index (χ0) is 30.7. The van der Waals surface area contributed by atoms with E-state index in [2.05, 4.69) is 14.9 Å². The number of carbonyl (C=O) groups excluding carboxylic acids is 1. The lowest BCUT2D eigenvalue weighted by Crippen LogP contribution is -2.54. The highest BCUT2D eigenvalue weighted by molar-refractivity contribution is 7.90. The minimum atomic E-state index is -3.08. The lowest BCUT2D eigenvalue weighted by atomic mass is 9.94. The van der Waals surface area contributed by atoms with E-state index in [1.54, 1.807) is 35.1 Å². The summed E-state index contributed by atoms with van der Waals surface area (Å²) in [5.74, 6) is 1.38. The Bertz CT molecular complexity index is 1590. The van der Waals surface area contributed by atoms with Crippen LogP contribution < -0.4 is 4.74 Å². The highest BCUT2D eigenvalue weighted by Gasteiger charge is 2.45. The molecule has 5 rings (SSSR count). The lowest BCUT2D eigenvalue weighted by molar-refractivity contribution is 0.122. The van der Waals surface area contributed by atoms with Gasteiger partial charge in [-0.2, -0.15) is 4.98 Å². The third kappa shape index (κ3) is 7.29. The van der Waals surface area contributed by atoms with E-state index in [0.717, 1.165) is 11.1 Å². The second kappa shape index (κ2) is 13.2. The maximum absolute atomic E-state index is 14.6. The third-order valence-electron chi connectivity index (χ3n) is 7.51. The number of aromatic nitrogens is 2. The van der Waals surface area contributed by atoms with Gasteiger partial charge in [0.15, 0.2) is 0 Å². The molecule has 43 heavy (non-hydrogen) atoms. The second-order valence-corrected chi connectivity index (χ2v) is 13.8. The molecule has 2 aliphatic rings. The number of sulfone groups is 1. The molecule has 13 heteroatoms. The van der Waals surface area contributed by atoms with Crippen LogP contribution in [0.3, 0.4) is 0 Å². The molecule has 1 saturated heterocycles. The number of benzene rings is 2. The molecule has 2 atom stereocenters. The van der Waals surface area contributed by atoms with Gasteiger partial charge in [0.05, 0.1) is 24.0 Å². The average Bonchev–Trinajstić information content (AvgIpc) is 3.37. The first-order chi connectivity index (χ1) is 20.5. The van der Waals surface area contributed by atoms with Crippen LogP contribution in [-0.2, 0) is 9.84 Å². The number of piperazine rings is 1. The number of carbonyl (C=O) groups is 1. The Morgan fingerprint density at radius 3 is 2.16 bits per heavy atom. The van der Waals surface area contributed by atoms with Gasteiger partial charge in [0.1, 0.15) is 27.5 Å². The number of amidine groups is 1. The summed E-state index contributed by atoms with van der Waals surface area (Å²) in [5.41, 5.74) is 2.26.